The van der Waals surface area contributed by atoms with Gasteiger partial charge in [0.05, 0.1) is 19.4 Å². The van der Waals surface area contributed by atoms with Crippen LogP contribution >= 0.6 is 0 Å². The first-order chi connectivity index (χ1) is 12.5. The molecule has 1 amide bonds. The molecular formula is C20H26N2O4. The van der Waals surface area contributed by atoms with Crippen LogP contribution in [0.15, 0.2) is 16.7 Å². The first-order valence-electron chi connectivity index (χ1n) is 9.19. The molecule has 1 aromatic heterocycles. The van der Waals surface area contributed by atoms with Gasteiger partial charge in [0.25, 0.3) is 0 Å². The van der Waals surface area contributed by atoms with E-state index in [1.54, 1.807) is 0 Å². The zero-order valence-corrected chi connectivity index (χ0v) is 15.6. The van der Waals surface area contributed by atoms with E-state index >= 15 is 0 Å². The van der Waals surface area contributed by atoms with E-state index < -0.39 is 0 Å². The highest BCUT2D eigenvalue weighted by Crippen LogP contribution is 2.30. The lowest BCUT2D eigenvalue weighted by molar-refractivity contribution is -0.148. The molecule has 6 heteroatoms. The number of amides is 1. The van der Waals surface area contributed by atoms with Gasteiger partial charge in [0.1, 0.15) is 5.69 Å². The van der Waals surface area contributed by atoms with Crippen molar-refractivity contribution in [3.63, 3.8) is 0 Å². The van der Waals surface area contributed by atoms with E-state index in [0.717, 1.165) is 42.2 Å². The summed E-state index contributed by atoms with van der Waals surface area (Å²) in [5.41, 5.74) is 3.53. The summed E-state index contributed by atoms with van der Waals surface area (Å²) in [6, 6.07) is 3.99. The van der Waals surface area contributed by atoms with Crippen molar-refractivity contribution in [1.29, 1.82) is 0 Å². The Labute approximate surface area is 153 Å². The molecule has 0 spiro atoms. The van der Waals surface area contributed by atoms with Crippen LogP contribution in [-0.4, -0.2) is 30.7 Å². The van der Waals surface area contributed by atoms with Gasteiger partial charge < -0.3 is 14.6 Å². The molecule has 1 saturated carbocycles. The van der Waals surface area contributed by atoms with Crippen LogP contribution in [0.1, 0.15) is 42.5 Å². The summed E-state index contributed by atoms with van der Waals surface area (Å²) in [4.78, 5) is 24.3. The molecule has 6 nitrogen and oxygen atoms in total. The average molecular weight is 358 g/mol. The van der Waals surface area contributed by atoms with Crippen LogP contribution < -0.4 is 5.32 Å². The summed E-state index contributed by atoms with van der Waals surface area (Å²) >= 11 is 0. The normalized spacial score (nSPS) is 20.1. The number of aromatic nitrogens is 1. The van der Waals surface area contributed by atoms with Gasteiger partial charge in [0.2, 0.25) is 5.91 Å². The predicted molar refractivity (Wildman–Crippen MR) is 97.7 cm³/mol. The van der Waals surface area contributed by atoms with Crippen molar-refractivity contribution in [2.75, 3.05) is 13.7 Å². The predicted octanol–water partition coefficient (Wildman–Crippen LogP) is 3.08. The molecule has 0 aliphatic heterocycles. The number of fused-ring (bicyclic) bond motifs is 1. The number of nitrogens with zero attached hydrogens (tertiary/aromatic N) is 1. The molecule has 0 radical (unpaired) electrons. The Morgan fingerprint density at radius 1 is 1.27 bits per heavy atom. The monoisotopic (exact) mass is 358 g/mol. The summed E-state index contributed by atoms with van der Waals surface area (Å²) in [7, 11) is 1.42. The molecule has 140 valence electrons. The van der Waals surface area contributed by atoms with Crippen molar-refractivity contribution < 1.29 is 18.8 Å². The van der Waals surface area contributed by atoms with E-state index in [2.05, 4.69) is 16.5 Å². The van der Waals surface area contributed by atoms with E-state index in [9.17, 15) is 9.59 Å². The molecule has 1 fully saturated rings. The Hall–Kier alpha value is -2.37. The van der Waals surface area contributed by atoms with Gasteiger partial charge in [0.15, 0.2) is 5.58 Å². The average Bonchev–Trinajstić information content (AvgIpc) is 3.02. The van der Waals surface area contributed by atoms with Gasteiger partial charge in [-0.25, -0.2) is 0 Å². The zero-order valence-electron chi connectivity index (χ0n) is 15.6. The second kappa shape index (κ2) is 7.89. The number of rotatable bonds is 5. The SMILES string of the molecule is COC(=O)C1CCCCC1CNC(=O)Cc1noc2cc(C)cc(C)c12. The second-order valence-electron chi connectivity index (χ2n) is 7.24. The third kappa shape index (κ3) is 3.89. The molecule has 0 bridgehead atoms. The van der Waals surface area contributed by atoms with E-state index in [0.29, 0.717) is 17.8 Å². The van der Waals surface area contributed by atoms with Crippen LogP contribution in [0.2, 0.25) is 0 Å². The molecule has 3 rings (SSSR count). The Morgan fingerprint density at radius 2 is 2.04 bits per heavy atom. The summed E-state index contributed by atoms with van der Waals surface area (Å²) in [6.07, 6.45) is 4.06. The first kappa shape index (κ1) is 18.4. The van der Waals surface area contributed by atoms with Crippen molar-refractivity contribution in [2.45, 2.75) is 46.0 Å². The fourth-order valence-electron chi connectivity index (χ4n) is 4.01. The quantitative estimate of drug-likeness (QED) is 0.831. The minimum absolute atomic E-state index is 0.102. The highest BCUT2D eigenvalue weighted by molar-refractivity contribution is 5.88. The number of hydrogen-bond donors (Lipinski definition) is 1. The molecule has 1 N–H and O–H groups in total. The highest BCUT2D eigenvalue weighted by atomic mass is 16.5. The van der Waals surface area contributed by atoms with Crippen LogP contribution in [-0.2, 0) is 20.7 Å². The van der Waals surface area contributed by atoms with Crippen LogP contribution in [0, 0.1) is 25.7 Å². The number of ether oxygens (including phenoxy) is 1. The zero-order chi connectivity index (χ0) is 18.7. The van der Waals surface area contributed by atoms with Crippen LogP contribution in [0.25, 0.3) is 11.0 Å². The second-order valence-corrected chi connectivity index (χ2v) is 7.24. The van der Waals surface area contributed by atoms with Crippen molar-refractivity contribution >= 4 is 22.8 Å². The van der Waals surface area contributed by atoms with Gasteiger partial charge in [0, 0.05) is 11.9 Å². The maximum atomic E-state index is 12.4. The van der Waals surface area contributed by atoms with E-state index in [4.69, 9.17) is 9.26 Å². The van der Waals surface area contributed by atoms with Gasteiger partial charge in [-0.1, -0.05) is 24.1 Å². The number of carbonyl (C=O) groups excluding carboxylic acids is 2. The third-order valence-electron chi connectivity index (χ3n) is 5.29. The maximum Gasteiger partial charge on any atom is 0.309 e. The van der Waals surface area contributed by atoms with Gasteiger partial charge >= 0.3 is 5.97 Å². The van der Waals surface area contributed by atoms with E-state index in [1.165, 1.54) is 7.11 Å². The number of aryl methyl sites for hydroxylation is 2. The van der Waals surface area contributed by atoms with Crippen LogP contribution in [0.4, 0.5) is 0 Å². The standard InChI is InChI=1S/C20H26N2O4/c1-12-8-13(2)19-16(22-26-17(19)9-12)10-18(23)21-11-14-6-4-5-7-15(14)20(24)25-3/h8-9,14-15H,4-7,10-11H2,1-3H3,(H,21,23). The molecule has 1 heterocycles. The van der Waals surface area contributed by atoms with Gasteiger partial charge in [-0.3, -0.25) is 9.59 Å². The summed E-state index contributed by atoms with van der Waals surface area (Å²) in [5, 5.41) is 7.96. The molecule has 2 unspecified atom stereocenters. The molecule has 2 atom stereocenters. The van der Waals surface area contributed by atoms with Crippen molar-refractivity contribution in [3.8, 4) is 0 Å². The lowest BCUT2D eigenvalue weighted by atomic mass is 9.79. The fourth-order valence-corrected chi connectivity index (χ4v) is 4.01. The minimum Gasteiger partial charge on any atom is -0.469 e. The maximum absolute atomic E-state index is 12.4. The van der Waals surface area contributed by atoms with Gasteiger partial charge in [-0.2, -0.15) is 0 Å². The van der Waals surface area contributed by atoms with Crippen LogP contribution in [0.5, 0.6) is 0 Å². The van der Waals surface area contributed by atoms with Crippen molar-refractivity contribution in [1.82, 2.24) is 10.5 Å². The Morgan fingerprint density at radius 3 is 2.81 bits per heavy atom. The minimum atomic E-state index is -0.169. The van der Waals surface area contributed by atoms with Gasteiger partial charge in [-0.05, 0) is 49.8 Å². The molecule has 26 heavy (non-hydrogen) atoms. The summed E-state index contributed by atoms with van der Waals surface area (Å²) < 4.78 is 10.3. The van der Waals surface area contributed by atoms with E-state index in [-0.39, 0.29) is 30.1 Å². The lowest BCUT2D eigenvalue weighted by Gasteiger charge is -2.29. The number of benzene rings is 1. The first-order valence-corrected chi connectivity index (χ1v) is 9.19. The van der Waals surface area contributed by atoms with Crippen molar-refractivity contribution in [2.24, 2.45) is 11.8 Å². The van der Waals surface area contributed by atoms with Gasteiger partial charge in [-0.15, -0.1) is 0 Å². The van der Waals surface area contributed by atoms with Crippen molar-refractivity contribution in [3.05, 3.63) is 29.0 Å². The highest BCUT2D eigenvalue weighted by Gasteiger charge is 2.31. The summed E-state index contributed by atoms with van der Waals surface area (Å²) in [5.74, 6) is -0.252. The molecular weight excluding hydrogens is 332 g/mol. The molecule has 0 saturated heterocycles. The third-order valence-corrected chi connectivity index (χ3v) is 5.29. The molecule has 2 aromatic rings. The lowest BCUT2D eigenvalue weighted by Crippen LogP contribution is -2.38. The van der Waals surface area contributed by atoms with E-state index in [1.807, 2.05) is 19.9 Å². The fraction of sp³-hybridized carbons (Fsp3) is 0.550. The smallest absolute Gasteiger partial charge is 0.309 e. The van der Waals surface area contributed by atoms with Crippen LogP contribution in [0.3, 0.4) is 0 Å². The number of carbonyl (C=O) groups is 2. The molecule has 1 aromatic carbocycles. The Bertz CT molecular complexity index is 811. The number of hydrogen-bond acceptors (Lipinski definition) is 5. The topological polar surface area (TPSA) is 81.4 Å². The number of nitrogens with one attached hydrogen (secondary N) is 1. The molecule has 1 aliphatic rings. The number of esters is 1. The summed E-state index contributed by atoms with van der Waals surface area (Å²) in [6.45, 7) is 4.49. The largest absolute Gasteiger partial charge is 0.469 e. The Balaban J connectivity index is 1.63. The molecule has 1 aliphatic carbocycles. The Kier molecular flexibility index (Phi) is 5.59. The number of methoxy groups -OCH3 is 1.